The number of carboxylic acids is 1. The van der Waals surface area contributed by atoms with Crippen LogP contribution in [-0.2, 0) is 9.59 Å². The molecule has 0 bridgehead atoms. The van der Waals surface area contributed by atoms with Crippen LogP contribution in [0, 0.1) is 10.5 Å². The van der Waals surface area contributed by atoms with E-state index >= 15 is 0 Å². The largest absolute Gasteiger partial charge is 0.545 e. The lowest BCUT2D eigenvalue weighted by Crippen LogP contribution is -2.32. The Morgan fingerprint density at radius 1 is 1.36 bits per heavy atom. The predicted molar refractivity (Wildman–Crippen MR) is 99.2 cm³/mol. The third-order valence-electron chi connectivity index (χ3n) is 3.75. The first-order chi connectivity index (χ1) is 11.9. The average Bonchev–Trinajstić information content (AvgIpc) is 2.82. The number of carbonyl (C=O) groups excluding carboxylic acids is 3. The molecule has 1 aromatic carbocycles. The minimum atomic E-state index is -1.36. The molecule has 0 saturated carbocycles. The van der Waals surface area contributed by atoms with Crippen molar-refractivity contribution < 1.29 is 19.5 Å². The number of thioether (sulfide) groups is 1. The number of rotatable bonds is 4. The molecule has 0 radical (unpaired) electrons. The summed E-state index contributed by atoms with van der Waals surface area (Å²) < 4.78 is 1.01. The van der Waals surface area contributed by atoms with Gasteiger partial charge >= 0.3 is 0 Å². The highest BCUT2D eigenvalue weighted by atomic mass is 127. The molecule has 0 spiro atoms. The van der Waals surface area contributed by atoms with E-state index in [4.69, 9.17) is 0 Å². The lowest BCUT2D eigenvalue weighted by atomic mass is 10.2. The van der Waals surface area contributed by atoms with Gasteiger partial charge in [0.1, 0.15) is 5.03 Å². The molecular weight excluding hydrogens is 455 g/mol. The number of aromatic nitrogens is 1. The fourth-order valence-corrected chi connectivity index (χ4v) is 4.34. The summed E-state index contributed by atoms with van der Waals surface area (Å²) in [5.41, 5.74) is 1.30. The molecule has 0 aliphatic carbocycles. The van der Waals surface area contributed by atoms with Gasteiger partial charge in [-0.3, -0.25) is 9.59 Å². The third kappa shape index (κ3) is 3.54. The Labute approximate surface area is 161 Å². The summed E-state index contributed by atoms with van der Waals surface area (Å²) >= 11 is 3.14. The molecule has 1 atom stereocenters. The quantitative estimate of drug-likeness (QED) is 0.503. The van der Waals surface area contributed by atoms with Crippen molar-refractivity contribution in [2.24, 2.45) is 0 Å². The SMILES string of the molecule is Cc1cc(I)ccc1N1C(=O)C[C@H](Sc2ncccc2C(=O)[O-])C1=O. The number of aromatic carboxylic acids is 1. The number of aryl methyl sites for hydroxylation is 1. The third-order valence-corrected chi connectivity index (χ3v) is 5.62. The highest BCUT2D eigenvalue weighted by Crippen LogP contribution is 2.35. The first-order valence-corrected chi connectivity index (χ1v) is 9.30. The molecule has 1 saturated heterocycles. The van der Waals surface area contributed by atoms with E-state index < -0.39 is 11.2 Å². The zero-order valence-electron chi connectivity index (χ0n) is 13.1. The molecule has 3 rings (SSSR count). The van der Waals surface area contributed by atoms with E-state index in [1.54, 1.807) is 6.07 Å². The van der Waals surface area contributed by atoms with Crippen molar-refractivity contribution in [2.75, 3.05) is 4.90 Å². The highest BCUT2D eigenvalue weighted by Gasteiger charge is 2.41. The molecule has 128 valence electrons. The van der Waals surface area contributed by atoms with Crippen LogP contribution >= 0.6 is 34.4 Å². The number of nitrogens with zero attached hydrogens (tertiary/aromatic N) is 2. The van der Waals surface area contributed by atoms with Crippen molar-refractivity contribution in [1.29, 1.82) is 0 Å². The summed E-state index contributed by atoms with van der Waals surface area (Å²) in [5.74, 6) is -2.04. The van der Waals surface area contributed by atoms with Gasteiger partial charge in [-0.15, -0.1) is 0 Å². The molecule has 1 aromatic heterocycles. The van der Waals surface area contributed by atoms with Gasteiger partial charge in [-0.25, -0.2) is 9.88 Å². The molecule has 6 nitrogen and oxygen atoms in total. The average molecular weight is 467 g/mol. The molecule has 2 aromatic rings. The molecule has 0 unspecified atom stereocenters. The number of hydrogen-bond acceptors (Lipinski definition) is 6. The van der Waals surface area contributed by atoms with Crippen molar-refractivity contribution in [3.8, 4) is 0 Å². The molecule has 1 fully saturated rings. The van der Waals surface area contributed by atoms with Crippen LogP contribution in [0.1, 0.15) is 22.3 Å². The van der Waals surface area contributed by atoms with Crippen LogP contribution in [0.3, 0.4) is 0 Å². The van der Waals surface area contributed by atoms with Gasteiger partial charge < -0.3 is 9.90 Å². The Morgan fingerprint density at radius 2 is 2.12 bits per heavy atom. The van der Waals surface area contributed by atoms with Gasteiger partial charge in [0.05, 0.1) is 16.9 Å². The number of imide groups is 1. The van der Waals surface area contributed by atoms with Gasteiger partial charge in [0.15, 0.2) is 0 Å². The van der Waals surface area contributed by atoms with Crippen LogP contribution < -0.4 is 10.0 Å². The molecule has 2 amide bonds. The first kappa shape index (κ1) is 17.9. The van der Waals surface area contributed by atoms with E-state index in [0.29, 0.717) is 5.69 Å². The fraction of sp³-hybridized carbons (Fsp3) is 0.176. The Kier molecular flexibility index (Phi) is 5.09. The summed E-state index contributed by atoms with van der Waals surface area (Å²) in [6.07, 6.45) is 1.44. The Bertz CT molecular complexity index is 887. The lowest BCUT2D eigenvalue weighted by Gasteiger charge is -2.18. The molecule has 1 aliphatic rings. The van der Waals surface area contributed by atoms with Gasteiger partial charge in [0, 0.05) is 21.8 Å². The maximum absolute atomic E-state index is 12.7. The first-order valence-electron chi connectivity index (χ1n) is 7.34. The van der Waals surface area contributed by atoms with Crippen molar-refractivity contribution in [2.45, 2.75) is 23.6 Å². The summed E-state index contributed by atoms with van der Waals surface area (Å²) in [5, 5.41) is 10.6. The topological polar surface area (TPSA) is 90.4 Å². The van der Waals surface area contributed by atoms with Crippen LogP contribution in [0.4, 0.5) is 5.69 Å². The number of amides is 2. The van der Waals surface area contributed by atoms with E-state index in [0.717, 1.165) is 20.9 Å². The molecule has 0 N–H and O–H groups in total. The van der Waals surface area contributed by atoms with Crippen LogP contribution in [0.2, 0.25) is 0 Å². The highest BCUT2D eigenvalue weighted by molar-refractivity contribution is 14.1. The zero-order chi connectivity index (χ0) is 18.1. The Morgan fingerprint density at radius 3 is 2.80 bits per heavy atom. The molecule has 25 heavy (non-hydrogen) atoms. The summed E-state index contributed by atoms with van der Waals surface area (Å²) in [7, 11) is 0. The lowest BCUT2D eigenvalue weighted by molar-refractivity contribution is -0.255. The number of carboxylic acid groups (broad SMARTS) is 1. The predicted octanol–water partition coefficient (Wildman–Crippen LogP) is 1.78. The number of carbonyl (C=O) groups is 3. The van der Waals surface area contributed by atoms with Gasteiger partial charge in [0.2, 0.25) is 11.8 Å². The number of hydrogen-bond donors (Lipinski definition) is 0. The minimum Gasteiger partial charge on any atom is -0.545 e. The van der Waals surface area contributed by atoms with E-state index in [9.17, 15) is 19.5 Å². The van der Waals surface area contributed by atoms with Crippen LogP contribution in [-0.4, -0.2) is 28.0 Å². The maximum Gasteiger partial charge on any atom is 0.247 e. The molecule has 2 heterocycles. The van der Waals surface area contributed by atoms with Crippen LogP contribution in [0.5, 0.6) is 0 Å². The van der Waals surface area contributed by atoms with E-state index in [-0.39, 0.29) is 28.8 Å². The van der Waals surface area contributed by atoms with Crippen molar-refractivity contribution in [3.05, 3.63) is 51.2 Å². The fourth-order valence-electron chi connectivity index (χ4n) is 2.59. The Hall–Kier alpha value is -1.94. The summed E-state index contributed by atoms with van der Waals surface area (Å²) in [6, 6.07) is 8.32. The number of halogens is 1. The number of benzene rings is 1. The van der Waals surface area contributed by atoms with E-state index in [1.165, 1.54) is 23.2 Å². The maximum atomic E-state index is 12.7. The number of anilines is 1. The van der Waals surface area contributed by atoms with Gasteiger partial charge in [-0.2, -0.15) is 0 Å². The number of pyridine rings is 1. The standard InChI is InChI=1S/C17H13IN2O4S/c1-9-7-10(18)4-5-12(9)20-14(21)8-13(16(20)22)25-15-11(17(23)24)3-2-6-19-15/h2-7,13H,8H2,1H3,(H,23,24)/p-1/t13-/m0/s1. The van der Waals surface area contributed by atoms with Crippen LogP contribution in [0.25, 0.3) is 0 Å². The molecular formula is C17H12IN2O4S-. The monoisotopic (exact) mass is 467 g/mol. The normalized spacial score (nSPS) is 17.2. The van der Waals surface area contributed by atoms with Gasteiger partial charge in [-0.1, -0.05) is 11.8 Å². The zero-order valence-corrected chi connectivity index (χ0v) is 16.0. The van der Waals surface area contributed by atoms with Crippen LogP contribution in [0.15, 0.2) is 41.6 Å². The van der Waals surface area contributed by atoms with E-state index in [2.05, 4.69) is 27.6 Å². The minimum absolute atomic E-state index is 0.00200. The molecule has 8 heteroatoms. The van der Waals surface area contributed by atoms with Gasteiger partial charge in [0.25, 0.3) is 0 Å². The van der Waals surface area contributed by atoms with E-state index in [1.807, 2.05) is 19.1 Å². The second-order valence-electron chi connectivity index (χ2n) is 5.45. The van der Waals surface area contributed by atoms with Gasteiger partial charge in [-0.05, 0) is 65.4 Å². The smallest absolute Gasteiger partial charge is 0.247 e. The summed E-state index contributed by atoms with van der Waals surface area (Å²) in [4.78, 5) is 41.5. The van der Waals surface area contributed by atoms with Crippen molar-refractivity contribution >= 4 is 57.8 Å². The summed E-state index contributed by atoms with van der Waals surface area (Å²) in [6.45, 7) is 1.84. The van der Waals surface area contributed by atoms with Crippen molar-refractivity contribution in [1.82, 2.24) is 4.98 Å². The van der Waals surface area contributed by atoms with Crippen molar-refractivity contribution in [3.63, 3.8) is 0 Å². The second kappa shape index (κ2) is 7.12. The molecule has 1 aliphatic heterocycles. The second-order valence-corrected chi connectivity index (χ2v) is 7.89. The Balaban J connectivity index is 1.88.